The molecular formula is C6H9NO2. The average molecular weight is 127 g/mol. The number of carbonyl (C=O) groups is 1. The van der Waals surface area contributed by atoms with Gasteiger partial charge in [0, 0.05) is 0 Å². The first kappa shape index (κ1) is 5.23. The van der Waals surface area contributed by atoms with Gasteiger partial charge in [-0.3, -0.25) is 4.79 Å². The van der Waals surface area contributed by atoms with Crippen molar-refractivity contribution in [3.63, 3.8) is 0 Å². The van der Waals surface area contributed by atoms with E-state index < -0.39 is 5.97 Å². The SMILES string of the molecule is O=C(O)[C@H]1NC[C@@H]2C[C@@H]21. The Labute approximate surface area is 53.1 Å². The van der Waals surface area contributed by atoms with Crippen molar-refractivity contribution in [1.82, 2.24) is 5.32 Å². The molecule has 1 heterocycles. The molecule has 0 aromatic carbocycles. The molecule has 2 aliphatic rings. The topological polar surface area (TPSA) is 49.3 Å². The van der Waals surface area contributed by atoms with Crippen LogP contribution in [0.1, 0.15) is 6.42 Å². The summed E-state index contributed by atoms with van der Waals surface area (Å²) in [5.41, 5.74) is 0. The number of hydrogen-bond donors (Lipinski definition) is 2. The average Bonchev–Trinajstić information content (AvgIpc) is 2.43. The number of rotatable bonds is 1. The summed E-state index contributed by atoms with van der Waals surface area (Å²) in [7, 11) is 0. The van der Waals surface area contributed by atoms with Gasteiger partial charge in [-0.1, -0.05) is 0 Å². The minimum absolute atomic E-state index is 0.227. The maximum absolute atomic E-state index is 10.4. The largest absolute Gasteiger partial charge is 0.480 e. The highest BCUT2D eigenvalue weighted by molar-refractivity contribution is 5.75. The van der Waals surface area contributed by atoms with E-state index in [4.69, 9.17) is 5.11 Å². The molecule has 1 aliphatic heterocycles. The molecule has 0 aromatic heterocycles. The highest BCUT2D eigenvalue weighted by Gasteiger charge is 2.51. The van der Waals surface area contributed by atoms with Crippen LogP contribution in [0.4, 0.5) is 0 Å². The highest BCUT2D eigenvalue weighted by Crippen LogP contribution is 2.44. The zero-order valence-electron chi connectivity index (χ0n) is 5.00. The van der Waals surface area contributed by atoms with E-state index in [1.807, 2.05) is 0 Å². The normalized spacial score (nSPS) is 46.4. The van der Waals surface area contributed by atoms with Crippen LogP contribution >= 0.6 is 0 Å². The fourth-order valence-electron chi connectivity index (χ4n) is 1.61. The minimum Gasteiger partial charge on any atom is -0.480 e. The van der Waals surface area contributed by atoms with Gasteiger partial charge in [-0.05, 0) is 24.8 Å². The van der Waals surface area contributed by atoms with Crippen molar-refractivity contribution < 1.29 is 9.90 Å². The van der Waals surface area contributed by atoms with Crippen LogP contribution in [0.25, 0.3) is 0 Å². The van der Waals surface area contributed by atoms with Gasteiger partial charge >= 0.3 is 5.97 Å². The lowest BCUT2D eigenvalue weighted by Gasteiger charge is -2.04. The number of aliphatic carboxylic acids is 1. The van der Waals surface area contributed by atoms with Crippen molar-refractivity contribution in [2.45, 2.75) is 12.5 Å². The molecule has 50 valence electrons. The first-order valence-corrected chi connectivity index (χ1v) is 3.25. The van der Waals surface area contributed by atoms with Gasteiger partial charge in [0.1, 0.15) is 6.04 Å². The van der Waals surface area contributed by atoms with Gasteiger partial charge < -0.3 is 10.4 Å². The molecule has 0 unspecified atom stereocenters. The molecule has 2 N–H and O–H groups in total. The third kappa shape index (κ3) is 0.645. The first-order valence-electron chi connectivity index (χ1n) is 3.25. The number of hydrogen-bond acceptors (Lipinski definition) is 2. The summed E-state index contributed by atoms with van der Waals surface area (Å²) in [5.74, 6) is 0.466. The summed E-state index contributed by atoms with van der Waals surface area (Å²) in [4.78, 5) is 10.4. The van der Waals surface area contributed by atoms with Crippen LogP contribution in [0.3, 0.4) is 0 Å². The maximum Gasteiger partial charge on any atom is 0.320 e. The maximum atomic E-state index is 10.4. The van der Waals surface area contributed by atoms with Crippen LogP contribution in [0.15, 0.2) is 0 Å². The van der Waals surface area contributed by atoms with Crippen molar-refractivity contribution in [1.29, 1.82) is 0 Å². The standard InChI is InChI=1S/C6H9NO2/c8-6(9)5-4-1-3(4)2-7-5/h3-5,7H,1-2H2,(H,8,9)/t3-,4-,5-/m0/s1. The lowest BCUT2D eigenvalue weighted by molar-refractivity contribution is -0.139. The fraction of sp³-hybridized carbons (Fsp3) is 0.833. The Morgan fingerprint density at radius 1 is 1.67 bits per heavy atom. The van der Waals surface area contributed by atoms with Crippen molar-refractivity contribution in [3.8, 4) is 0 Å². The number of nitrogens with one attached hydrogen (secondary N) is 1. The van der Waals surface area contributed by atoms with E-state index in [1.54, 1.807) is 0 Å². The molecular weight excluding hydrogens is 118 g/mol. The Morgan fingerprint density at radius 3 is 2.67 bits per heavy atom. The smallest absolute Gasteiger partial charge is 0.320 e. The van der Waals surface area contributed by atoms with E-state index in [9.17, 15) is 4.79 Å². The van der Waals surface area contributed by atoms with Gasteiger partial charge in [-0.25, -0.2) is 0 Å². The van der Waals surface area contributed by atoms with E-state index in [-0.39, 0.29) is 6.04 Å². The van der Waals surface area contributed by atoms with Gasteiger partial charge in [-0.15, -0.1) is 0 Å². The zero-order valence-corrected chi connectivity index (χ0v) is 5.00. The molecule has 2 rings (SSSR count). The van der Waals surface area contributed by atoms with Crippen molar-refractivity contribution >= 4 is 5.97 Å². The van der Waals surface area contributed by atoms with E-state index >= 15 is 0 Å². The molecule has 0 bridgehead atoms. The quantitative estimate of drug-likeness (QED) is 0.507. The summed E-state index contributed by atoms with van der Waals surface area (Å²) in [6.45, 7) is 0.918. The van der Waals surface area contributed by atoms with Crippen LogP contribution in [-0.2, 0) is 4.79 Å². The van der Waals surface area contributed by atoms with Crippen molar-refractivity contribution in [3.05, 3.63) is 0 Å². The van der Waals surface area contributed by atoms with Gasteiger partial charge in [-0.2, -0.15) is 0 Å². The molecule has 3 nitrogen and oxygen atoms in total. The molecule has 1 aliphatic carbocycles. The third-order valence-electron chi connectivity index (χ3n) is 2.27. The summed E-state index contributed by atoms with van der Waals surface area (Å²) in [6, 6.07) is -0.227. The van der Waals surface area contributed by atoms with Crippen LogP contribution in [0.2, 0.25) is 0 Å². The third-order valence-corrected chi connectivity index (χ3v) is 2.27. The van der Waals surface area contributed by atoms with E-state index in [1.165, 1.54) is 0 Å². The van der Waals surface area contributed by atoms with Gasteiger partial charge in [0.05, 0.1) is 0 Å². The second kappa shape index (κ2) is 1.48. The van der Waals surface area contributed by atoms with Crippen molar-refractivity contribution in [2.75, 3.05) is 6.54 Å². The van der Waals surface area contributed by atoms with Crippen LogP contribution in [-0.4, -0.2) is 23.7 Å². The van der Waals surface area contributed by atoms with Gasteiger partial charge in [0.25, 0.3) is 0 Å². The van der Waals surface area contributed by atoms with E-state index in [2.05, 4.69) is 5.32 Å². The van der Waals surface area contributed by atoms with Gasteiger partial charge in [0.15, 0.2) is 0 Å². The second-order valence-corrected chi connectivity index (χ2v) is 2.88. The fourth-order valence-corrected chi connectivity index (χ4v) is 1.61. The Hall–Kier alpha value is -0.570. The first-order chi connectivity index (χ1) is 4.29. The lowest BCUT2D eigenvalue weighted by Crippen LogP contribution is -2.34. The predicted octanol–water partition coefficient (Wildman–Crippen LogP) is -0.321. The molecule has 0 spiro atoms. The molecule has 1 saturated carbocycles. The molecule has 9 heavy (non-hydrogen) atoms. The molecule has 1 saturated heterocycles. The molecule has 3 heteroatoms. The van der Waals surface area contributed by atoms with E-state index in [0.29, 0.717) is 11.8 Å². The number of carboxylic acids is 1. The van der Waals surface area contributed by atoms with Crippen molar-refractivity contribution in [2.24, 2.45) is 11.8 Å². The Balaban J connectivity index is 2.06. The Kier molecular flexibility index (Phi) is 0.858. The summed E-state index contributed by atoms with van der Waals surface area (Å²) < 4.78 is 0. The Bertz CT molecular complexity index is 157. The molecule has 0 amide bonds. The summed E-state index contributed by atoms with van der Waals surface area (Å²) >= 11 is 0. The summed E-state index contributed by atoms with van der Waals surface area (Å²) in [5, 5.41) is 11.5. The number of fused-ring (bicyclic) bond motifs is 1. The van der Waals surface area contributed by atoms with Crippen LogP contribution in [0.5, 0.6) is 0 Å². The van der Waals surface area contributed by atoms with E-state index in [0.717, 1.165) is 13.0 Å². The second-order valence-electron chi connectivity index (χ2n) is 2.88. The zero-order chi connectivity index (χ0) is 6.43. The number of carboxylic acid groups (broad SMARTS) is 1. The lowest BCUT2D eigenvalue weighted by atomic mass is 10.2. The minimum atomic E-state index is -0.681. The van der Waals surface area contributed by atoms with Crippen LogP contribution in [0, 0.1) is 11.8 Å². The molecule has 2 fully saturated rings. The molecule has 0 radical (unpaired) electrons. The monoisotopic (exact) mass is 127 g/mol. The Morgan fingerprint density at radius 2 is 2.44 bits per heavy atom. The molecule has 3 atom stereocenters. The summed E-state index contributed by atoms with van der Waals surface area (Å²) in [6.07, 6.45) is 1.13. The van der Waals surface area contributed by atoms with Crippen LogP contribution < -0.4 is 5.32 Å². The van der Waals surface area contributed by atoms with Gasteiger partial charge in [0.2, 0.25) is 0 Å². The highest BCUT2D eigenvalue weighted by atomic mass is 16.4. The predicted molar refractivity (Wildman–Crippen MR) is 31.0 cm³/mol. The molecule has 0 aromatic rings. The number of piperidine rings is 1.